The third-order valence-corrected chi connectivity index (χ3v) is 3.37. The van der Waals surface area contributed by atoms with Crippen LogP contribution in [0.5, 0.6) is 0 Å². The van der Waals surface area contributed by atoms with Crippen LogP contribution in [0.25, 0.3) is 0 Å². The van der Waals surface area contributed by atoms with Gasteiger partial charge in [-0.25, -0.2) is 0 Å². The predicted octanol–water partition coefficient (Wildman–Crippen LogP) is 2.67. The van der Waals surface area contributed by atoms with Crippen molar-refractivity contribution in [3.05, 3.63) is 46.0 Å². The first-order chi connectivity index (χ1) is 8.79. The zero-order valence-corrected chi connectivity index (χ0v) is 11.5. The number of rotatable bonds is 5. The molecule has 1 aliphatic rings. The molecule has 5 heteroatoms. The Kier molecular flexibility index (Phi) is 3.43. The van der Waals surface area contributed by atoms with E-state index in [4.69, 9.17) is 4.52 Å². The van der Waals surface area contributed by atoms with Gasteiger partial charge >= 0.3 is 0 Å². The summed E-state index contributed by atoms with van der Waals surface area (Å²) < 4.78 is 6.31. The van der Waals surface area contributed by atoms with Crippen molar-refractivity contribution in [2.45, 2.75) is 31.8 Å². The summed E-state index contributed by atoms with van der Waals surface area (Å²) in [6.45, 7) is 0.701. The maximum Gasteiger partial charge on any atom is 0.231 e. The number of aromatic nitrogens is 2. The molecule has 0 aliphatic heterocycles. The molecule has 0 saturated heterocycles. The van der Waals surface area contributed by atoms with Gasteiger partial charge in [-0.15, -0.1) is 0 Å². The highest BCUT2D eigenvalue weighted by Gasteiger charge is 2.21. The first-order valence-corrected chi connectivity index (χ1v) is 6.88. The summed E-state index contributed by atoms with van der Waals surface area (Å²) in [5, 5.41) is 7.34. The lowest BCUT2D eigenvalue weighted by molar-refractivity contribution is 0.377. The van der Waals surface area contributed by atoms with Crippen LogP contribution in [0.15, 0.2) is 33.3 Å². The molecule has 0 amide bonds. The largest absolute Gasteiger partial charge is 0.339 e. The minimum Gasteiger partial charge on any atom is -0.339 e. The molecule has 1 fully saturated rings. The molecule has 0 atom stereocenters. The summed E-state index contributed by atoms with van der Waals surface area (Å²) in [7, 11) is 0. The summed E-state index contributed by atoms with van der Waals surface area (Å²) in [5.41, 5.74) is 1.16. The topological polar surface area (TPSA) is 51.0 Å². The third kappa shape index (κ3) is 3.17. The average molecular weight is 308 g/mol. The maximum atomic E-state index is 5.24. The van der Waals surface area contributed by atoms with Crippen LogP contribution in [-0.2, 0) is 13.0 Å². The van der Waals surface area contributed by atoms with E-state index in [1.54, 1.807) is 0 Å². The molecular weight excluding hydrogens is 294 g/mol. The Balaban J connectivity index is 1.61. The van der Waals surface area contributed by atoms with Crippen molar-refractivity contribution in [2.24, 2.45) is 0 Å². The van der Waals surface area contributed by atoms with Gasteiger partial charge in [0.05, 0.1) is 13.0 Å². The van der Waals surface area contributed by atoms with Gasteiger partial charge in [0.1, 0.15) is 0 Å². The second kappa shape index (κ2) is 5.20. The highest BCUT2D eigenvalue weighted by molar-refractivity contribution is 9.10. The second-order valence-electron chi connectivity index (χ2n) is 4.57. The summed E-state index contributed by atoms with van der Waals surface area (Å²) >= 11 is 3.45. The zero-order chi connectivity index (χ0) is 12.4. The van der Waals surface area contributed by atoms with Crippen molar-refractivity contribution < 1.29 is 4.52 Å². The van der Waals surface area contributed by atoms with Gasteiger partial charge < -0.3 is 9.84 Å². The first kappa shape index (κ1) is 11.9. The molecule has 1 aromatic carbocycles. The molecule has 1 heterocycles. The minimum atomic E-state index is 0.664. The van der Waals surface area contributed by atoms with Crippen molar-refractivity contribution in [2.75, 3.05) is 0 Å². The highest BCUT2D eigenvalue weighted by atomic mass is 79.9. The number of benzene rings is 1. The fourth-order valence-electron chi connectivity index (χ4n) is 1.78. The summed E-state index contributed by atoms with van der Waals surface area (Å²) in [5.74, 6) is 1.41. The van der Waals surface area contributed by atoms with E-state index in [1.807, 2.05) is 12.1 Å². The van der Waals surface area contributed by atoms with Crippen molar-refractivity contribution >= 4 is 15.9 Å². The first-order valence-electron chi connectivity index (χ1n) is 6.09. The SMILES string of the molecule is Brc1cccc(Cc2nc(CNC3CC3)no2)c1. The molecule has 4 nitrogen and oxygen atoms in total. The summed E-state index contributed by atoms with van der Waals surface area (Å²) in [6.07, 6.45) is 3.21. The lowest BCUT2D eigenvalue weighted by atomic mass is 10.1. The molecule has 1 aromatic heterocycles. The van der Waals surface area contributed by atoms with Crippen molar-refractivity contribution in [3.8, 4) is 0 Å². The predicted molar refractivity (Wildman–Crippen MR) is 71.1 cm³/mol. The van der Waals surface area contributed by atoms with Crippen LogP contribution in [0.2, 0.25) is 0 Å². The van der Waals surface area contributed by atoms with Crippen molar-refractivity contribution in [1.29, 1.82) is 0 Å². The summed E-state index contributed by atoms with van der Waals surface area (Å²) in [4.78, 5) is 4.38. The zero-order valence-electron chi connectivity index (χ0n) is 9.90. The number of nitrogens with one attached hydrogen (secondary N) is 1. The molecule has 1 aliphatic carbocycles. The third-order valence-electron chi connectivity index (χ3n) is 2.88. The van der Waals surface area contributed by atoms with Gasteiger partial charge in [0.25, 0.3) is 0 Å². The Morgan fingerprint density at radius 3 is 3.06 bits per heavy atom. The molecule has 0 bridgehead atoms. The summed E-state index contributed by atoms with van der Waals surface area (Å²) in [6, 6.07) is 8.79. The smallest absolute Gasteiger partial charge is 0.231 e. The van der Waals surface area contributed by atoms with Gasteiger partial charge in [-0.3, -0.25) is 0 Å². The molecule has 1 saturated carbocycles. The van der Waals surface area contributed by atoms with E-state index in [2.05, 4.69) is 43.5 Å². The van der Waals surface area contributed by atoms with E-state index in [1.165, 1.54) is 12.8 Å². The van der Waals surface area contributed by atoms with Gasteiger partial charge in [-0.05, 0) is 30.5 Å². The van der Waals surface area contributed by atoms with Gasteiger partial charge in [-0.2, -0.15) is 4.98 Å². The van der Waals surface area contributed by atoms with Crippen molar-refractivity contribution in [1.82, 2.24) is 15.5 Å². The Hall–Kier alpha value is -1.20. The average Bonchev–Trinajstić information content (AvgIpc) is 3.08. The van der Waals surface area contributed by atoms with E-state index < -0.39 is 0 Å². The quantitative estimate of drug-likeness (QED) is 0.922. The molecule has 1 N–H and O–H groups in total. The molecule has 0 unspecified atom stereocenters. The molecule has 2 aromatic rings. The monoisotopic (exact) mass is 307 g/mol. The van der Waals surface area contributed by atoms with Crippen LogP contribution in [0, 0.1) is 0 Å². The second-order valence-corrected chi connectivity index (χ2v) is 5.48. The van der Waals surface area contributed by atoms with Crippen LogP contribution in [0.4, 0.5) is 0 Å². The van der Waals surface area contributed by atoms with Crippen LogP contribution in [-0.4, -0.2) is 16.2 Å². The number of halogens is 1. The van der Waals surface area contributed by atoms with Gasteiger partial charge in [0, 0.05) is 10.5 Å². The number of hydrogen-bond donors (Lipinski definition) is 1. The fraction of sp³-hybridized carbons (Fsp3) is 0.385. The fourth-order valence-corrected chi connectivity index (χ4v) is 2.23. The standard InChI is InChI=1S/C13H14BrN3O/c14-10-3-1-2-9(6-10)7-13-16-12(17-18-13)8-15-11-4-5-11/h1-3,6,11,15H,4-5,7-8H2. The number of nitrogens with zero attached hydrogens (tertiary/aromatic N) is 2. The number of hydrogen-bond acceptors (Lipinski definition) is 4. The highest BCUT2D eigenvalue weighted by Crippen LogP contribution is 2.19. The Labute approximate surface area is 114 Å². The van der Waals surface area contributed by atoms with Gasteiger partial charge in [0.15, 0.2) is 5.82 Å². The van der Waals surface area contributed by atoms with Gasteiger partial charge in [-0.1, -0.05) is 33.2 Å². The Bertz CT molecular complexity index is 537. The molecule has 18 heavy (non-hydrogen) atoms. The molecular formula is C13H14BrN3O. The molecule has 94 valence electrons. The maximum absolute atomic E-state index is 5.24. The minimum absolute atomic E-state index is 0.664. The lowest BCUT2D eigenvalue weighted by Crippen LogP contribution is -2.16. The van der Waals surface area contributed by atoms with E-state index in [9.17, 15) is 0 Å². The lowest BCUT2D eigenvalue weighted by Gasteiger charge is -1.97. The van der Waals surface area contributed by atoms with Crippen LogP contribution in [0.3, 0.4) is 0 Å². The van der Waals surface area contributed by atoms with Crippen LogP contribution in [0.1, 0.15) is 30.1 Å². The van der Waals surface area contributed by atoms with Crippen molar-refractivity contribution in [3.63, 3.8) is 0 Å². The molecule has 3 rings (SSSR count). The van der Waals surface area contributed by atoms with E-state index in [0.29, 0.717) is 24.9 Å². The Morgan fingerprint density at radius 1 is 1.39 bits per heavy atom. The van der Waals surface area contributed by atoms with Crippen LogP contribution >= 0.6 is 15.9 Å². The Morgan fingerprint density at radius 2 is 2.28 bits per heavy atom. The van der Waals surface area contributed by atoms with E-state index >= 15 is 0 Å². The normalized spacial score (nSPS) is 14.9. The molecule has 0 radical (unpaired) electrons. The van der Waals surface area contributed by atoms with E-state index in [0.717, 1.165) is 15.9 Å². The van der Waals surface area contributed by atoms with Gasteiger partial charge in [0.2, 0.25) is 5.89 Å². The molecule has 0 spiro atoms. The van der Waals surface area contributed by atoms with E-state index in [-0.39, 0.29) is 0 Å². The van der Waals surface area contributed by atoms with Crippen LogP contribution < -0.4 is 5.32 Å².